The summed E-state index contributed by atoms with van der Waals surface area (Å²) in [5, 5.41) is 0. The number of carbonyl (C=O) groups is 2. The van der Waals surface area contributed by atoms with Gasteiger partial charge in [0.05, 0.1) is 5.56 Å². The largest absolute Gasteiger partial charge is 0.339 e. The van der Waals surface area contributed by atoms with E-state index in [1.807, 2.05) is 28.0 Å². The lowest BCUT2D eigenvalue weighted by atomic mass is 10.1. The molecule has 2 fully saturated rings. The van der Waals surface area contributed by atoms with E-state index >= 15 is 0 Å². The van der Waals surface area contributed by atoms with Gasteiger partial charge < -0.3 is 9.80 Å². The first-order chi connectivity index (χ1) is 10.1. The highest BCUT2D eigenvalue weighted by Gasteiger charge is 2.35. The molecule has 0 aromatic heterocycles. The summed E-state index contributed by atoms with van der Waals surface area (Å²) in [6.45, 7) is 2.51. The Hall–Kier alpha value is -0.880. The van der Waals surface area contributed by atoms with Gasteiger partial charge in [0.25, 0.3) is 5.91 Å². The van der Waals surface area contributed by atoms with Gasteiger partial charge in [0, 0.05) is 41.0 Å². The second-order valence-electron chi connectivity index (χ2n) is 5.52. The second kappa shape index (κ2) is 6.08. The van der Waals surface area contributed by atoms with Gasteiger partial charge in [0.1, 0.15) is 0 Å². The number of benzene rings is 1. The van der Waals surface area contributed by atoms with Gasteiger partial charge in [0.2, 0.25) is 5.91 Å². The predicted molar refractivity (Wildman–Crippen MR) is 87.0 cm³/mol. The Bertz CT molecular complexity index is 579. The van der Waals surface area contributed by atoms with Crippen LogP contribution in [0.5, 0.6) is 0 Å². The summed E-state index contributed by atoms with van der Waals surface area (Å²) >= 11 is 6.82. The standard InChI is InChI=1S/C15H16Br2N2O2/c16-11-3-4-13(17)12(9-11)15(21)19-7-5-18(6-8-19)14(20)10-1-2-10/h3-4,9-10H,1-2,5-8H2. The molecule has 0 radical (unpaired) electrons. The fourth-order valence-corrected chi connectivity index (χ4v) is 3.33. The van der Waals surface area contributed by atoms with Gasteiger partial charge in [-0.3, -0.25) is 9.59 Å². The fourth-order valence-electron chi connectivity index (χ4n) is 2.55. The number of piperazine rings is 1. The Morgan fingerprint density at radius 3 is 2.24 bits per heavy atom. The second-order valence-corrected chi connectivity index (χ2v) is 7.29. The summed E-state index contributed by atoms with van der Waals surface area (Å²) in [4.78, 5) is 28.3. The number of nitrogens with zero attached hydrogens (tertiary/aromatic N) is 2. The van der Waals surface area contributed by atoms with E-state index in [2.05, 4.69) is 31.9 Å². The zero-order valence-corrected chi connectivity index (χ0v) is 14.7. The molecule has 1 saturated heterocycles. The van der Waals surface area contributed by atoms with E-state index in [-0.39, 0.29) is 17.7 Å². The Balaban J connectivity index is 1.64. The molecule has 1 aliphatic carbocycles. The van der Waals surface area contributed by atoms with E-state index in [4.69, 9.17) is 0 Å². The average Bonchev–Trinajstić information content (AvgIpc) is 3.33. The monoisotopic (exact) mass is 414 g/mol. The van der Waals surface area contributed by atoms with Crippen LogP contribution < -0.4 is 0 Å². The van der Waals surface area contributed by atoms with Crippen LogP contribution in [-0.4, -0.2) is 47.8 Å². The molecule has 1 saturated carbocycles. The highest BCUT2D eigenvalue weighted by Crippen LogP contribution is 2.31. The van der Waals surface area contributed by atoms with E-state index in [1.54, 1.807) is 0 Å². The van der Waals surface area contributed by atoms with E-state index < -0.39 is 0 Å². The summed E-state index contributed by atoms with van der Waals surface area (Å²) in [6, 6.07) is 5.59. The maximum Gasteiger partial charge on any atom is 0.255 e. The Morgan fingerprint density at radius 1 is 1.00 bits per heavy atom. The minimum Gasteiger partial charge on any atom is -0.339 e. The van der Waals surface area contributed by atoms with Gasteiger partial charge in [-0.15, -0.1) is 0 Å². The van der Waals surface area contributed by atoms with Gasteiger partial charge in [0.15, 0.2) is 0 Å². The van der Waals surface area contributed by atoms with E-state index in [1.165, 1.54) is 0 Å². The molecule has 4 nitrogen and oxygen atoms in total. The zero-order valence-electron chi connectivity index (χ0n) is 11.5. The van der Waals surface area contributed by atoms with Gasteiger partial charge in [-0.1, -0.05) is 15.9 Å². The van der Waals surface area contributed by atoms with Crippen molar-refractivity contribution < 1.29 is 9.59 Å². The molecule has 1 aromatic rings. The lowest BCUT2D eigenvalue weighted by molar-refractivity contribution is -0.134. The fraction of sp³-hybridized carbons (Fsp3) is 0.467. The van der Waals surface area contributed by atoms with Crippen molar-refractivity contribution in [2.45, 2.75) is 12.8 Å². The molecule has 0 spiro atoms. The third-order valence-electron chi connectivity index (χ3n) is 3.96. The maximum atomic E-state index is 12.6. The van der Waals surface area contributed by atoms with Crippen molar-refractivity contribution in [1.29, 1.82) is 0 Å². The van der Waals surface area contributed by atoms with Crippen LogP contribution in [0.25, 0.3) is 0 Å². The van der Waals surface area contributed by atoms with Crippen molar-refractivity contribution in [2.24, 2.45) is 5.92 Å². The summed E-state index contributed by atoms with van der Waals surface area (Å²) in [6.07, 6.45) is 2.06. The number of hydrogen-bond acceptors (Lipinski definition) is 2. The molecule has 2 amide bonds. The predicted octanol–water partition coefficient (Wildman–Crippen LogP) is 2.91. The molecular weight excluding hydrogens is 400 g/mol. The van der Waals surface area contributed by atoms with E-state index in [9.17, 15) is 9.59 Å². The van der Waals surface area contributed by atoms with Gasteiger partial charge >= 0.3 is 0 Å². The highest BCUT2D eigenvalue weighted by atomic mass is 79.9. The molecule has 0 N–H and O–H groups in total. The van der Waals surface area contributed by atoms with Gasteiger partial charge in [-0.2, -0.15) is 0 Å². The first-order valence-corrected chi connectivity index (χ1v) is 8.68. The van der Waals surface area contributed by atoms with Gasteiger partial charge in [-0.05, 0) is 47.0 Å². The normalized spacial score (nSPS) is 18.8. The van der Waals surface area contributed by atoms with Crippen molar-refractivity contribution in [1.82, 2.24) is 9.80 Å². The summed E-state index contributed by atoms with van der Waals surface area (Å²) in [7, 11) is 0. The third kappa shape index (κ3) is 3.31. The average molecular weight is 416 g/mol. The highest BCUT2D eigenvalue weighted by molar-refractivity contribution is 9.11. The van der Waals surface area contributed by atoms with Crippen LogP contribution in [-0.2, 0) is 4.79 Å². The van der Waals surface area contributed by atoms with E-state index in [0.717, 1.165) is 21.8 Å². The number of rotatable bonds is 2. The molecule has 112 valence electrons. The number of halogens is 2. The SMILES string of the molecule is O=C(c1cc(Br)ccc1Br)N1CCN(C(=O)C2CC2)CC1. The quantitative estimate of drug-likeness (QED) is 0.745. The van der Waals surface area contributed by atoms with Crippen molar-refractivity contribution in [3.63, 3.8) is 0 Å². The molecule has 0 bridgehead atoms. The molecular formula is C15H16Br2N2O2. The van der Waals surface area contributed by atoms with Crippen molar-refractivity contribution >= 4 is 43.7 Å². The zero-order chi connectivity index (χ0) is 15.0. The van der Waals surface area contributed by atoms with Crippen LogP contribution in [0.15, 0.2) is 27.1 Å². The Kier molecular flexibility index (Phi) is 4.36. The summed E-state index contributed by atoms with van der Waals surface area (Å²) < 4.78 is 1.68. The first-order valence-electron chi connectivity index (χ1n) is 7.09. The lowest BCUT2D eigenvalue weighted by Gasteiger charge is -2.35. The van der Waals surface area contributed by atoms with Crippen LogP contribution in [0.1, 0.15) is 23.2 Å². The molecule has 3 rings (SSSR count). The topological polar surface area (TPSA) is 40.6 Å². The van der Waals surface area contributed by atoms with Gasteiger partial charge in [-0.25, -0.2) is 0 Å². The third-order valence-corrected chi connectivity index (χ3v) is 5.15. The molecule has 1 heterocycles. The molecule has 1 aliphatic heterocycles. The summed E-state index contributed by atoms with van der Waals surface area (Å²) in [5.41, 5.74) is 0.659. The van der Waals surface area contributed by atoms with Crippen LogP contribution in [0, 0.1) is 5.92 Å². The Labute approximate surface area is 140 Å². The minimum absolute atomic E-state index is 0.0155. The molecule has 0 atom stereocenters. The molecule has 6 heteroatoms. The van der Waals surface area contributed by atoms with Crippen LogP contribution in [0.3, 0.4) is 0 Å². The number of carbonyl (C=O) groups excluding carboxylic acids is 2. The lowest BCUT2D eigenvalue weighted by Crippen LogP contribution is -2.51. The van der Waals surface area contributed by atoms with Crippen molar-refractivity contribution in [2.75, 3.05) is 26.2 Å². The maximum absolute atomic E-state index is 12.6. The van der Waals surface area contributed by atoms with Crippen molar-refractivity contribution in [3.8, 4) is 0 Å². The summed E-state index contributed by atoms with van der Waals surface area (Å²) in [5.74, 6) is 0.541. The Morgan fingerprint density at radius 2 is 1.62 bits per heavy atom. The number of hydrogen-bond donors (Lipinski definition) is 0. The minimum atomic E-state index is 0.0155. The van der Waals surface area contributed by atoms with E-state index in [0.29, 0.717) is 31.7 Å². The van der Waals surface area contributed by atoms with Crippen molar-refractivity contribution in [3.05, 3.63) is 32.7 Å². The smallest absolute Gasteiger partial charge is 0.255 e. The first kappa shape index (κ1) is 15.0. The van der Waals surface area contributed by atoms with Crippen LogP contribution in [0.4, 0.5) is 0 Å². The molecule has 0 unspecified atom stereocenters. The number of amides is 2. The van der Waals surface area contributed by atoms with Crippen LogP contribution >= 0.6 is 31.9 Å². The van der Waals surface area contributed by atoms with Crippen LogP contribution in [0.2, 0.25) is 0 Å². The molecule has 2 aliphatic rings. The molecule has 1 aromatic carbocycles. The molecule has 21 heavy (non-hydrogen) atoms.